The molecule has 0 aliphatic carbocycles. The minimum atomic E-state index is -2.14. The molecule has 11 heteroatoms. The predicted molar refractivity (Wildman–Crippen MR) is 161 cm³/mol. The van der Waals surface area contributed by atoms with Gasteiger partial charge in [-0.25, -0.2) is 0 Å². The molecule has 37 heavy (non-hydrogen) atoms. The molecule has 1 saturated heterocycles. The molecule has 0 amide bonds. The Morgan fingerprint density at radius 1 is 0.730 bits per heavy atom. The van der Waals surface area contributed by atoms with Gasteiger partial charge >= 0.3 is 0 Å². The van der Waals surface area contributed by atoms with Crippen molar-refractivity contribution in [3.8, 4) is 0 Å². The average Bonchev–Trinajstić information content (AvgIpc) is 2.97. The van der Waals surface area contributed by atoms with E-state index < -0.39 is 62.5 Å². The number of hydrogen-bond acceptors (Lipinski definition) is 6. The zero-order chi connectivity index (χ0) is 29.7. The van der Waals surface area contributed by atoms with Crippen molar-refractivity contribution < 1.29 is 25.5 Å². The molecular formula is C26H57N3O5Si3. The van der Waals surface area contributed by atoms with Crippen LogP contribution < -0.4 is 0 Å². The molecule has 0 aromatic heterocycles. The maximum Gasteiger partial charge on any atom is 0.192 e. The van der Waals surface area contributed by atoms with Crippen molar-refractivity contribution in [1.82, 2.24) is 0 Å². The molecular weight excluding hydrogens is 519 g/mol. The van der Waals surface area contributed by atoms with E-state index in [1.807, 2.05) is 0 Å². The second-order valence-electron chi connectivity index (χ2n) is 10.4. The number of nitrogens with zero attached hydrogens (tertiary/aromatic N) is 3. The molecule has 1 aliphatic heterocycles. The van der Waals surface area contributed by atoms with Crippen molar-refractivity contribution >= 4 is 25.0 Å². The van der Waals surface area contributed by atoms with Crippen LogP contribution in [0.2, 0.25) is 54.4 Å². The summed E-state index contributed by atoms with van der Waals surface area (Å²) in [5, 5.41) is 3.92. The van der Waals surface area contributed by atoms with E-state index >= 15 is 0 Å². The number of hydrogen-bond donors (Lipinski definition) is 0. The van der Waals surface area contributed by atoms with Gasteiger partial charge in [-0.2, -0.15) is 0 Å². The van der Waals surface area contributed by atoms with E-state index in [0.29, 0.717) is 0 Å². The summed E-state index contributed by atoms with van der Waals surface area (Å²) in [5.74, 6) is 0. The third-order valence-corrected chi connectivity index (χ3v) is 23.2. The van der Waals surface area contributed by atoms with E-state index in [1.165, 1.54) is 0 Å². The second kappa shape index (κ2) is 16.8. The molecule has 1 rings (SSSR count). The summed E-state index contributed by atoms with van der Waals surface area (Å²) in [6.45, 7) is 20.1. The Bertz CT molecular complexity index is 715. The molecule has 0 bridgehead atoms. The van der Waals surface area contributed by atoms with Crippen LogP contribution in [0.25, 0.3) is 10.4 Å². The van der Waals surface area contributed by atoms with Crippen LogP contribution in [0.4, 0.5) is 0 Å². The van der Waals surface area contributed by atoms with Crippen molar-refractivity contribution in [2.24, 2.45) is 5.11 Å². The van der Waals surface area contributed by atoms with Gasteiger partial charge in [0, 0.05) is 12.0 Å². The van der Waals surface area contributed by atoms with E-state index in [9.17, 15) is 5.53 Å². The van der Waals surface area contributed by atoms with Gasteiger partial charge in [-0.1, -0.05) is 67.4 Å². The lowest BCUT2D eigenvalue weighted by atomic mass is 9.95. The first kappa shape index (κ1) is 31.3. The van der Waals surface area contributed by atoms with E-state index in [2.05, 4.69) is 72.3 Å². The predicted octanol–water partition coefficient (Wildman–Crippen LogP) is 7.88. The summed E-state index contributed by atoms with van der Waals surface area (Å²) in [6.07, 6.45) is -2.36. The maximum absolute atomic E-state index is 9.22. The van der Waals surface area contributed by atoms with Crippen LogP contribution in [0.5, 0.6) is 0 Å². The fraction of sp³-hybridized carbons (Fsp3) is 1.00. The molecule has 1 fully saturated rings. The van der Waals surface area contributed by atoms with E-state index in [0.717, 1.165) is 54.4 Å². The SMILES string of the molecule is [2H]C([3H])OC[C@H]1O[C@H](CN=[N+]=[N-])[C@H](O[Si](CC)(CC)CC)[C@@H](O[Si](CC)(CC)CC)[C@@H]1O[Si](CC)(CC)CC. The summed E-state index contributed by atoms with van der Waals surface area (Å²) < 4.78 is 49.2. The first-order valence-corrected chi connectivity index (χ1v) is 22.3. The zero-order valence-corrected chi connectivity index (χ0v) is 28.1. The van der Waals surface area contributed by atoms with E-state index in [4.69, 9.17) is 25.5 Å². The normalized spacial score (nSPS) is 26.8. The zero-order valence-electron chi connectivity index (χ0n) is 27.1. The Morgan fingerprint density at radius 2 is 1.11 bits per heavy atom. The lowest BCUT2D eigenvalue weighted by Gasteiger charge is -2.53. The largest absolute Gasteiger partial charge is 0.409 e. The van der Waals surface area contributed by atoms with Crippen LogP contribution in [0, 0.1) is 0 Å². The molecule has 8 nitrogen and oxygen atoms in total. The third-order valence-electron chi connectivity index (χ3n) is 9.27. The van der Waals surface area contributed by atoms with Gasteiger partial charge in [-0.3, -0.25) is 0 Å². The number of rotatable bonds is 19. The fourth-order valence-corrected chi connectivity index (χ4v) is 14.3. The summed E-state index contributed by atoms with van der Waals surface area (Å²) in [6, 6.07) is 8.79. The van der Waals surface area contributed by atoms with Gasteiger partial charge in [-0.15, -0.1) is 0 Å². The van der Waals surface area contributed by atoms with Gasteiger partial charge < -0.3 is 22.8 Å². The summed E-state index contributed by atoms with van der Waals surface area (Å²) in [5.41, 5.74) is 9.22. The first-order valence-electron chi connectivity index (χ1n) is 15.9. The quantitative estimate of drug-likeness (QED) is 0.0672. The smallest absolute Gasteiger partial charge is 0.192 e. The highest BCUT2D eigenvalue weighted by molar-refractivity contribution is 6.74. The molecule has 218 valence electrons. The number of ether oxygens (including phenoxy) is 2. The van der Waals surface area contributed by atoms with Crippen molar-refractivity contribution in [2.45, 2.75) is 147 Å². The van der Waals surface area contributed by atoms with Gasteiger partial charge in [0.1, 0.15) is 18.3 Å². The Balaban J connectivity index is 3.84. The molecule has 6 atom stereocenters. The summed E-state index contributed by atoms with van der Waals surface area (Å²) >= 11 is 0. The molecule has 0 radical (unpaired) electrons. The first-order chi connectivity index (χ1) is 18.6. The highest BCUT2D eigenvalue weighted by atomic mass is 28.4. The average molecular weight is 579 g/mol. The van der Waals surface area contributed by atoms with Gasteiger partial charge in [0.2, 0.25) is 0 Å². The minimum absolute atomic E-state index is 0.0418. The highest BCUT2D eigenvalue weighted by Crippen LogP contribution is 2.39. The van der Waals surface area contributed by atoms with Crippen molar-refractivity contribution in [3.63, 3.8) is 0 Å². The molecule has 1 aliphatic rings. The van der Waals surface area contributed by atoms with Crippen LogP contribution in [-0.4, -0.2) is 75.7 Å². The van der Waals surface area contributed by atoms with Gasteiger partial charge in [0.15, 0.2) is 25.0 Å². The van der Waals surface area contributed by atoms with Gasteiger partial charge in [0.25, 0.3) is 0 Å². The van der Waals surface area contributed by atoms with Crippen molar-refractivity contribution in [1.29, 1.82) is 0 Å². The molecule has 0 spiro atoms. The lowest BCUT2D eigenvalue weighted by Crippen LogP contribution is -2.67. The van der Waals surface area contributed by atoms with Crippen molar-refractivity contribution in [3.05, 3.63) is 10.4 Å². The Hall–Kier alpha value is -0.239. The lowest BCUT2D eigenvalue weighted by molar-refractivity contribution is -0.215. The van der Waals surface area contributed by atoms with Gasteiger partial charge in [0.05, 0.1) is 28.1 Å². The van der Waals surface area contributed by atoms with E-state index in [-0.39, 0.29) is 13.2 Å². The van der Waals surface area contributed by atoms with Crippen LogP contribution >= 0.6 is 0 Å². The van der Waals surface area contributed by atoms with Crippen LogP contribution in [0.15, 0.2) is 5.11 Å². The summed E-state index contributed by atoms with van der Waals surface area (Å²) in [7, 11) is -7.82. The molecule has 0 aromatic carbocycles. The molecule has 1 unspecified atom stereocenters. The highest BCUT2D eigenvalue weighted by Gasteiger charge is 2.53. The standard InChI is InChI=1S/C26H57N3O5Si3/c1-11-35(12-2,13-3)32-24-22(20-28-29-27)31-23(21-30-10)25(33-36(14-4,15-5)16-6)26(24)34-37(17-7,18-8)19-9/h22-26H,11-21H2,1-10H3/t22-,23-,24+,25-,26-/m1/s1/i10TD/t10?,22-,23-,24+,25-,26-. The Morgan fingerprint density at radius 3 is 1.46 bits per heavy atom. The third kappa shape index (κ3) is 8.62. The Labute approximate surface area is 233 Å². The van der Waals surface area contributed by atoms with Crippen LogP contribution in [-0.2, 0) is 22.8 Å². The fourth-order valence-electron chi connectivity index (χ4n) is 5.77. The topological polar surface area (TPSA) is 94.9 Å². The maximum atomic E-state index is 9.22. The molecule has 1 heterocycles. The monoisotopic (exact) mass is 578 g/mol. The van der Waals surface area contributed by atoms with E-state index in [1.54, 1.807) is 0 Å². The number of methoxy groups -OCH3 is 1. The number of azide groups is 1. The molecule has 0 N–H and O–H groups in total. The van der Waals surface area contributed by atoms with Crippen molar-refractivity contribution in [2.75, 3.05) is 20.2 Å². The summed E-state index contributed by atoms with van der Waals surface area (Å²) in [4.78, 5) is 3.04. The van der Waals surface area contributed by atoms with Gasteiger partial charge in [-0.05, 0) is 59.9 Å². The Kier molecular flexibility index (Phi) is 14.2. The molecule has 0 saturated carbocycles. The molecule has 0 aromatic rings. The minimum Gasteiger partial charge on any atom is -0.409 e. The van der Waals surface area contributed by atoms with Crippen LogP contribution in [0.3, 0.4) is 0 Å². The second-order valence-corrected chi connectivity index (χ2v) is 24.6. The van der Waals surface area contributed by atoms with Crippen LogP contribution in [0.1, 0.15) is 65.1 Å².